The molecule has 0 spiro atoms. The Labute approximate surface area is 145 Å². The fourth-order valence-corrected chi connectivity index (χ4v) is 2.98. The van der Waals surface area contributed by atoms with Crippen molar-refractivity contribution >= 4 is 11.8 Å². The molecule has 9 heteroatoms. The first-order chi connectivity index (χ1) is 12.2. The van der Waals surface area contributed by atoms with E-state index in [1.165, 1.54) is 23.9 Å². The molecule has 0 saturated heterocycles. The van der Waals surface area contributed by atoms with E-state index >= 15 is 0 Å². The van der Waals surface area contributed by atoms with Crippen LogP contribution in [0.1, 0.15) is 5.89 Å². The van der Waals surface area contributed by atoms with Crippen molar-refractivity contribution in [3.8, 4) is 23.0 Å². The van der Waals surface area contributed by atoms with Crippen LogP contribution in [-0.4, -0.2) is 25.0 Å². The molecular weight excluding hydrogens is 345 g/mol. The van der Waals surface area contributed by atoms with E-state index in [-0.39, 0.29) is 5.82 Å². The summed E-state index contributed by atoms with van der Waals surface area (Å²) in [5.74, 6) is 2.14. The maximum absolute atomic E-state index is 13.0. The maximum Gasteiger partial charge on any atom is 0.283 e. The van der Waals surface area contributed by atoms with Crippen LogP contribution in [0.5, 0.6) is 0 Å². The third-order valence-electron chi connectivity index (χ3n) is 3.46. The first-order valence-corrected chi connectivity index (χ1v) is 8.33. The van der Waals surface area contributed by atoms with Gasteiger partial charge in [-0.1, -0.05) is 11.8 Å². The molecule has 4 aromatic rings. The number of nitrogens with zero attached hydrogens (tertiary/aromatic N) is 5. The molecular formula is C16H12FN5O2S. The van der Waals surface area contributed by atoms with Crippen LogP contribution in [0.3, 0.4) is 0 Å². The summed E-state index contributed by atoms with van der Waals surface area (Å²) in [4.78, 5) is 0. The Morgan fingerprint density at radius 1 is 1.08 bits per heavy atom. The molecule has 25 heavy (non-hydrogen) atoms. The van der Waals surface area contributed by atoms with Crippen molar-refractivity contribution in [2.75, 3.05) is 0 Å². The number of hydrogen-bond acceptors (Lipinski definition) is 7. The molecule has 0 amide bonds. The van der Waals surface area contributed by atoms with Crippen molar-refractivity contribution in [3.05, 3.63) is 54.4 Å². The number of thioether (sulfide) groups is 1. The fraction of sp³-hybridized carbons (Fsp3) is 0.125. The largest absolute Gasteiger partial charge is 0.459 e. The second kappa shape index (κ2) is 6.52. The Balaban J connectivity index is 1.48. The van der Waals surface area contributed by atoms with E-state index in [2.05, 4.69) is 20.4 Å². The van der Waals surface area contributed by atoms with Gasteiger partial charge in [0.2, 0.25) is 5.89 Å². The van der Waals surface area contributed by atoms with Crippen molar-refractivity contribution in [2.24, 2.45) is 7.05 Å². The highest BCUT2D eigenvalue weighted by atomic mass is 32.2. The molecule has 0 unspecified atom stereocenters. The minimum atomic E-state index is -0.288. The first kappa shape index (κ1) is 15.6. The SMILES string of the molecule is Cn1c(SCc2nnc(-c3ccco3)o2)nnc1-c1ccc(F)cc1. The van der Waals surface area contributed by atoms with E-state index in [1.54, 1.807) is 30.5 Å². The van der Waals surface area contributed by atoms with Gasteiger partial charge in [0.05, 0.1) is 12.0 Å². The number of furan rings is 1. The summed E-state index contributed by atoms with van der Waals surface area (Å²) in [5.41, 5.74) is 0.793. The van der Waals surface area contributed by atoms with Crippen LogP contribution < -0.4 is 0 Å². The topological polar surface area (TPSA) is 82.8 Å². The first-order valence-electron chi connectivity index (χ1n) is 7.35. The van der Waals surface area contributed by atoms with Gasteiger partial charge >= 0.3 is 0 Å². The van der Waals surface area contributed by atoms with Crippen LogP contribution >= 0.6 is 11.8 Å². The molecule has 0 fully saturated rings. The van der Waals surface area contributed by atoms with Crippen LogP contribution in [0.25, 0.3) is 23.0 Å². The van der Waals surface area contributed by atoms with E-state index in [4.69, 9.17) is 8.83 Å². The van der Waals surface area contributed by atoms with Gasteiger partial charge in [-0.15, -0.1) is 20.4 Å². The van der Waals surface area contributed by atoms with Crippen molar-refractivity contribution in [1.82, 2.24) is 25.0 Å². The van der Waals surface area contributed by atoms with Gasteiger partial charge in [0.1, 0.15) is 5.82 Å². The zero-order valence-corrected chi connectivity index (χ0v) is 13.9. The number of rotatable bonds is 5. The second-order valence-corrected chi connectivity index (χ2v) is 6.08. The van der Waals surface area contributed by atoms with Gasteiger partial charge in [0, 0.05) is 12.6 Å². The summed E-state index contributed by atoms with van der Waals surface area (Å²) in [5, 5.41) is 17.0. The lowest BCUT2D eigenvalue weighted by Gasteiger charge is -2.02. The van der Waals surface area contributed by atoms with Crippen LogP contribution in [0.15, 0.2) is 56.7 Å². The molecule has 0 aliphatic carbocycles. The maximum atomic E-state index is 13.0. The lowest BCUT2D eigenvalue weighted by atomic mass is 10.2. The highest BCUT2D eigenvalue weighted by molar-refractivity contribution is 7.98. The molecule has 0 aliphatic rings. The Kier molecular flexibility index (Phi) is 4.06. The monoisotopic (exact) mass is 357 g/mol. The van der Waals surface area contributed by atoms with Crippen LogP contribution in [0.2, 0.25) is 0 Å². The Morgan fingerprint density at radius 3 is 2.68 bits per heavy atom. The third kappa shape index (κ3) is 3.18. The minimum absolute atomic E-state index is 0.288. The lowest BCUT2D eigenvalue weighted by molar-refractivity contribution is 0.494. The number of halogens is 1. The molecule has 7 nitrogen and oxygen atoms in total. The van der Waals surface area contributed by atoms with Gasteiger partial charge < -0.3 is 13.4 Å². The van der Waals surface area contributed by atoms with Crippen molar-refractivity contribution in [1.29, 1.82) is 0 Å². The summed E-state index contributed by atoms with van der Waals surface area (Å²) in [6.45, 7) is 0. The molecule has 0 radical (unpaired) electrons. The van der Waals surface area contributed by atoms with Crippen molar-refractivity contribution < 1.29 is 13.2 Å². The molecule has 0 saturated carbocycles. The molecule has 0 aliphatic heterocycles. The smallest absolute Gasteiger partial charge is 0.283 e. The second-order valence-electron chi connectivity index (χ2n) is 5.14. The van der Waals surface area contributed by atoms with E-state index in [1.807, 2.05) is 11.6 Å². The number of benzene rings is 1. The quantitative estimate of drug-likeness (QED) is 0.505. The molecule has 3 aromatic heterocycles. The van der Waals surface area contributed by atoms with Crippen molar-refractivity contribution in [3.63, 3.8) is 0 Å². The van der Waals surface area contributed by atoms with E-state index in [0.717, 1.165) is 5.56 Å². The average Bonchev–Trinajstić information content (AvgIpc) is 3.35. The summed E-state index contributed by atoms with van der Waals surface area (Å²) < 4.78 is 25.7. The summed E-state index contributed by atoms with van der Waals surface area (Å²) in [7, 11) is 1.85. The van der Waals surface area contributed by atoms with E-state index in [0.29, 0.717) is 34.3 Å². The van der Waals surface area contributed by atoms with Gasteiger partial charge in [0.15, 0.2) is 16.7 Å². The molecule has 126 valence electrons. The van der Waals surface area contributed by atoms with Gasteiger partial charge in [-0.25, -0.2) is 4.39 Å². The standard InChI is InChI=1S/C16H12FN5O2S/c1-22-14(10-4-6-11(17)7-5-10)19-21-16(22)25-9-13-18-20-15(24-13)12-3-2-8-23-12/h2-8H,9H2,1H3. The average molecular weight is 357 g/mol. The fourth-order valence-electron chi connectivity index (χ4n) is 2.23. The van der Waals surface area contributed by atoms with Gasteiger partial charge in [-0.2, -0.15) is 0 Å². The number of aromatic nitrogens is 5. The van der Waals surface area contributed by atoms with Crippen LogP contribution in [-0.2, 0) is 12.8 Å². The number of hydrogen-bond donors (Lipinski definition) is 0. The minimum Gasteiger partial charge on any atom is -0.459 e. The van der Waals surface area contributed by atoms with Crippen LogP contribution in [0.4, 0.5) is 4.39 Å². The predicted molar refractivity (Wildman–Crippen MR) is 88.0 cm³/mol. The summed E-state index contributed by atoms with van der Waals surface area (Å²) in [6.07, 6.45) is 1.55. The summed E-state index contributed by atoms with van der Waals surface area (Å²) >= 11 is 1.42. The molecule has 0 atom stereocenters. The third-order valence-corrected chi connectivity index (χ3v) is 4.47. The zero-order valence-electron chi connectivity index (χ0n) is 13.1. The summed E-state index contributed by atoms with van der Waals surface area (Å²) in [6, 6.07) is 9.63. The molecule has 0 N–H and O–H groups in total. The van der Waals surface area contributed by atoms with Crippen LogP contribution in [0, 0.1) is 5.82 Å². The molecule has 0 bridgehead atoms. The van der Waals surface area contributed by atoms with E-state index in [9.17, 15) is 4.39 Å². The predicted octanol–water partition coefficient (Wildman–Crippen LogP) is 3.56. The van der Waals surface area contributed by atoms with E-state index < -0.39 is 0 Å². The highest BCUT2D eigenvalue weighted by Gasteiger charge is 2.15. The Bertz CT molecular complexity index is 979. The van der Waals surface area contributed by atoms with Gasteiger partial charge in [-0.05, 0) is 36.4 Å². The highest BCUT2D eigenvalue weighted by Crippen LogP contribution is 2.26. The normalized spacial score (nSPS) is 11.1. The Hall–Kier alpha value is -2.94. The molecule has 1 aromatic carbocycles. The molecule has 3 heterocycles. The zero-order chi connectivity index (χ0) is 17.2. The van der Waals surface area contributed by atoms with Crippen molar-refractivity contribution in [2.45, 2.75) is 10.9 Å². The molecule has 4 rings (SSSR count). The van der Waals surface area contributed by atoms with Gasteiger partial charge in [0.25, 0.3) is 5.89 Å². The lowest BCUT2D eigenvalue weighted by Crippen LogP contribution is -1.95. The van der Waals surface area contributed by atoms with Gasteiger partial charge in [-0.3, -0.25) is 0 Å². The Morgan fingerprint density at radius 2 is 1.92 bits per heavy atom.